The Balaban J connectivity index is 1.50. The number of hydrogen-bond acceptors (Lipinski definition) is 8. The maximum absolute atomic E-state index is 10.3. The van der Waals surface area contributed by atoms with Crippen molar-refractivity contribution in [1.29, 1.82) is 0 Å². The highest BCUT2D eigenvalue weighted by atomic mass is 16.7. The second-order valence-corrected chi connectivity index (χ2v) is 6.64. The summed E-state index contributed by atoms with van der Waals surface area (Å²) < 4.78 is 16.3. The van der Waals surface area contributed by atoms with Gasteiger partial charge in [-0.3, -0.25) is 0 Å². The number of aliphatic hydroxyl groups excluding tert-OH is 4. The van der Waals surface area contributed by atoms with E-state index in [1.54, 1.807) is 24.3 Å². The van der Waals surface area contributed by atoms with E-state index in [4.69, 9.17) is 19.3 Å². The van der Waals surface area contributed by atoms with Gasteiger partial charge < -0.3 is 39.7 Å². The van der Waals surface area contributed by atoms with E-state index in [-0.39, 0.29) is 11.5 Å². The molecule has 0 bridgehead atoms. The zero-order chi connectivity index (χ0) is 19.8. The minimum Gasteiger partial charge on any atom is -0.504 e. The van der Waals surface area contributed by atoms with E-state index in [0.29, 0.717) is 22.6 Å². The molecule has 2 aromatic rings. The van der Waals surface area contributed by atoms with Gasteiger partial charge in [-0.2, -0.15) is 0 Å². The molecule has 2 aliphatic rings. The van der Waals surface area contributed by atoms with Crippen molar-refractivity contribution in [3.8, 4) is 17.2 Å². The van der Waals surface area contributed by atoms with Crippen molar-refractivity contribution < 1.29 is 39.7 Å². The summed E-state index contributed by atoms with van der Waals surface area (Å²) in [6, 6.07) is 11.6. The molecule has 1 fully saturated rings. The van der Waals surface area contributed by atoms with Crippen LogP contribution in [-0.4, -0.2) is 56.7 Å². The Hall–Kier alpha value is -2.62. The molecular formula is C20H20O8. The predicted molar refractivity (Wildman–Crippen MR) is 96.5 cm³/mol. The van der Waals surface area contributed by atoms with Gasteiger partial charge >= 0.3 is 0 Å². The van der Waals surface area contributed by atoms with E-state index in [0.717, 1.165) is 0 Å². The van der Waals surface area contributed by atoms with Gasteiger partial charge in [-0.25, -0.2) is 0 Å². The highest BCUT2D eigenvalue weighted by Crippen LogP contribution is 2.40. The molecule has 2 heterocycles. The minimum absolute atomic E-state index is 0.0353. The maximum atomic E-state index is 10.3. The molecule has 148 valence electrons. The molecule has 4 rings (SSSR count). The first-order chi connectivity index (χ1) is 13.5. The monoisotopic (exact) mass is 388 g/mol. The number of para-hydroxylation sites is 1. The fourth-order valence-corrected chi connectivity index (χ4v) is 3.22. The van der Waals surface area contributed by atoms with Crippen LogP contribution in [0.1, 0.15) is 17.2 Å². The average Bonchev–Trinajstić information content (AvgIpc) is 3.15. The standard InChI is InChI=1S/C20H20O8/c21-9-16-18(24)19(25)20(28-16)27-14-6-5-10(7-12(14)22)8-15-17(23)11-3-1-2-4-13(11)26-15/h1-8,16-25H,9H2/b15-8-. The molecule has 28 heavy (non-hydrogen) atoms. The number of hydrogen-bond donors (Lipinski definition) is 5. The second-order valence-electron chi connectivity index (χ2n) is 6.64. The Morgan fingerprint density at radius 3 is 2.50 bits per heavy atom. The molecule has 0 aliphatic carbocycles. The van der Waals surface area contributed by atoms with Crippen LogP contribution >= 0.6 is 0 Å². The van der Waals surface area contributed by atoms with Crippen molar-refractivity contribution in [2.75, 3.05) is 6.61 Å². The fourth-order valence-electron chi connectivity index (χ4n) is 3.22. The summed E-state index contributed by atoms with van der Waals surface area (Å²) in [5, 5.41) is 49.4. The number of benzene rings is 2. The molecule has 0 aromatic heterocycles. The summed E-state index contributed by atoms with van der Waals surface area (Å²) in [4.78, 5) is 0. The van der Waals surface area contributed by atoms with Gasteiger partial charge in [0.15, 0.2) is 11.5 Å². The first kappa shape index (κ1) is 18.7. The molecule has 8 nitrogen and oxygen atoms in total. The lowest BCUT2D eigenvalue weighted by atomic mass is 10.1. The van der Waals surface area contributed by atoms with Crippen LogP contribution < -0.4 is 9.47 Å². The van der Waals surface area contributed by atoms with E-state index >= 15 is 0 Å². The van der Waals surface area contributed by atoms with E-state index in [1.165, 1.54) is 12.1 Å². The van der Waals surface area contributed by atoms with Crippen molar-refractivity contribution in [3.05, 3.63) is 59.4 Å². The lowest BCUT2D eigenvalue weighted by Crippen LogP contribution is -2.35. The van der Waals surface area contributed by atoms with Gasteiger partial charge in [0.1, 0.15) is 35.9 Å². The third-order valence-corrected chi connectivity index (χ3v) is 4.74. The smallest absolute Gasteiger partial charge is 0.229 e. The highest BCUT2D eigenvalue weighted by molar-refractivity contribution is 5.60. The van der Waals surface area contributed by atoms with Crippen LogP contribution in [0.5, 0.6) is 17.2 Å². The van der Waals surface area contributed by atoms with Crippen LogP contribution in [0, 0.1) is 0 Å². The Kier molecular flexibility index (Phi) is 4.96. The fraction of sp³-hybridized carbons (Fsp3) is 0.300. The van der Waals surface area contributed by atoms with E-state index in [9.17, 15) is 20.4 Å². The molecule has 0 saturated carbocycles. The molecule has 8 heteroatoms. The third-order valence-electron chi connectivity index (χ3n) is 4.74. The summed E-state index contributed by atoms with van der Waals surface area (Å²) >= 11 is 0. The first-order valence-corrected chi connectivity index (χ1v) is 8.76. The number of aliphatic hydroxyl groups is 4. The summed E-state index contributed by atoms with van der Waals surface area (Å²) in [6.45, 7) is -0.471. The van der Waals surface area contributed by atoms with Gasteiger partial charge in [0.05, 0.1) is 6.61 Å². The van der Waals surface area contributed by atoms with Crippen LogP contribution in [0.3, 0.4) is 0 Å². The topological polar surface area (TPSA) is 129 Å². The van der Waals surface area contributed by atoms with Gasteiger partial charge in [-0.15, -0.1) is 0 Å². The quantitative estimate of drug-likeness (QED) is 0.517. The average molecular weight is 388 g/mol. The van der Waals surface area contributed by atoms with E-state index < -0.39 is 37.3 Å². The van der Waals surface area contributed by atoms with Gasteiger partial charge in [-0.1, -0.05) is 24.3 Å². The number of aromatic hydroxyl groups is 1. The molecule has 0 amide bonds. The molecule has 1 saturated heterocycles. The Bertz CT molecular complexity index is 896. The first-order valence-electron chi connectivity index (χ1n) is 8.76. The molecule has 2 aromatic carbocycles. The highest BCUT2D eigenvalue weighted by Gasteiger charge is 2.44. The largest absolute Gasteiger partial charge is 0.504 e. The van der Waals surface area contributed by atoms with Crippen molar-refractivity contribution in [2.45, 2.75) is 30.7 Å². The van der Waals surface area contributed by atoms with Gasteiger partial charge in [0.2, 0.25) is 6.29 Å². The molecule has 0 spiro atoms. The summed E-state index contributed by atoms with van der Waals surface area (Å²) in [5.41, 5.74) is 1.23. The normalized spacial score (nSPS) is 30.3. The number of fused-ring (bicyclic) bond motifs is 1. The summed E-state index contributed by atoms with van der Waals surface area (Å²) in [7, 11) is 0. The van der Waals surface area contributed by atoms with Crippen LogP contribution in [0.15, 0.2) is 48.2 Å². The molecule has 2 aliphatic heterocycles. The maximum Gasteiger partial charge on any atom is 0.229 e. The molecule has 5 atom stereocenters. The van der Waals surface area contributed by atoms with Crippen molar-refractivity contribution in [3.63, 3.8) is 0 Å². The number of phenolic OH excluding ortho intramolecular Hbond substituents is 1. The Morgan fingerprint density at radius 2 is 1.82 bits per heavy atom. The zero-order valence-electron chi connectivity index (χ0n) is 14.7. The molecule has 5 N–H and O–H groups in total. The number of rotatable bonds is 4. The van der Waals surface area contributed by atoms with Crippen LogP contribution in [0.25, 0.3) is 6.08 Å². The lowest BCUT2D eigenvalue weighted by Gasteiger charge is -2.17. The van der Waals surface area contributed by atoms with E-state index in [1.807, 2.05) is 12.1 Å². The summed E-state index contributed by atoms with van der Waals surface area (Å²) in [5.74, 6) is 0.720. The van der Waals surface area contributed by atoms with E-state index in [2.05, 4.69) is 0 Å². The van der Waals surface area contributed by atoms with Crippen LogP contribution in [-0.2, 0) is 4.74 Å². The van der Waals surface area contributed by atoms with Crippen molar-refractivity contribution in [1.82, 2.24) is 0 Å². The van der Waals surface area contributed by atoms with Gasteiger partial charge in [0.25, 0.3) is 0 Å². The Labute approximate surface area is 160 Å². The van der Waals surface area contributed by atoms with Crippen LogP contribution in [0.2, 0.25) is 0 Å². The third kappa shape index (κ3) is 3.32. The number of phenols is 1. The predicted octanol–water partition coefficient (Wildman–Crippen LogP) is 0.677. The molecule has 5 unspecified atom stereocenters. The lowest BCUT2D eigenvalue weighted by molar-refractivity contribution is -0.117. The second kappa shape index (κ2) is 7.42. The molecule has 0 radical (unpaired) electrons. The number of ether oxygens (including phenoxy) is 3. The van der Waals surface area contributed by atoms with Crippen LogP contribution in [0.4, 0.5) is 0 Å². The SMILES string of the molecule is OCC1OC(Oc2ccc(/C=C3\Oc4ccccc4C3O)cc2O)C(O)C1O. The van der Waals surface area contributed by atoms with Gasteiger partial charge in [-0.05, 0) is 29.8 Å². The van der Waals surface area contributed by atoms with Crippen molar-refractivity contribution in [2.24, 2.45) is 0 Å². The minimum atomic E-state index is -1.36. The zero-order valence-corrected chi connectivity index (χ0v) is 14.7. The van der Waals surface area contributed by atoms with Crippen molar-refractivity contribution >= 4 is 6.08 Å². The Morgan fingerprint density at radius 1 is 1.04 bits per heavy atom. The molecular weight excluding hydrogens is 368 g/mol. The summed E-state index contributed by atoms with van der Waals surface area (Å²) in [6.07, 6.45) is -4.14. The van der Waals surface area contributed by atoms with Gasteiger partial charge in [0, 0.05) is 5.56 Å².